The summed E-state index contributed by atoms with van der Waals surface area (Å²) in [5, 5.41) is 0.725. The standard InChI is InChI=1S/C12H14ClNO/c13-10-4-1-3-9(7-10)12(5-2-6-12)8-11(14)15/h1,3-4,7H,2,5-6,8H2,(H2,14,15). The van der Waals surface area contributed by atoms with Gasteiger partial charge in [0, 0.05) is 16.9 Å². The Morgan fingerprint density at radius 3 is 2.67 bits per heavy atom. The number of hydrogen-bond acceptors (Lipinski definition) is 1. The SMILES string of the molecule is NC(=O)CC1(c2cccc(Cl)c2)CCC1. The zero-order valence-electron chi connectivity index (χ0n) is 8.50. The Kier molecular flexibility index (Phi) is 2.70. The van der Waals surface area contributed by atoms with Crippen LogP contribution in [0.25, 0.3) is 0 Å². The molecule has 0 aliphatic heterocycles. The van der Waals surface area contributed by atoms with E-state index in [-0.39, 0.29) is 11.3 Å². The topological polar surface area (TPSA) is 43.1 Å². The first-order chi connectivity index (χ1) is 7.12. The third-order valence-electron chi connectivity index (χ3n) is 3.26. The van der Waals surface area contributed by atoms with Gasteiger partial charge in [0.15, 0.2) is 0 Å². The maximum absolute atomic E-state index is 11.1. The van der Waals surface area contributed by atoms with Crippen molar-refractivity contribution in [1.82, 2.24) is 0 Å². The van der Waals surface area contributed by atoms with E-state index in [4.69, 9.17) is 17.3 Å². The fourth-order valence-corrected chi connectivity index (χ4v) is 2.51. The summed E-state index contributed by atoms with van der Waals surface area (Å²) in [7, 11) is 0. The molecular weight excluding hydrogens is 210 g/mol. The summed E-state index contributed by atoms with van der Waals surface area (Å²) in [5.41, 5.74) is 6.41. The maximum Gasteiger partial charge on any atom is 0.218 e. The number of carbonyl (C=O) groups excluding carboxylic acids is 1. The lowest BCUT2D eigenvalue weighted by atomic mass is 9.62. The van der Waals surface area contributed by atoms with Gasteiger partial charge < -0.3 is 5.73 Å². The van der Waals surface area contributed by atoms with E-state index in [0.717, 1.165) is 23.4 Å². The highest BCUT2D eigenvalue weighted by atomic mass is 35.5. The van der Waals surface area contributed by atoms with E-state index in [1.54, 1.807) is 0 Å². The smallest absolute Gasteiger partial charge is 0.218 e. The minimum Gasteiger partial charge on any atom is -0.370 e. The van der Waals surface area contributed by atoms with E-state index in [1.807, 2.05) is 24.3 Å². The molecule has 0 spiro atoms. The highest BCUT2D eigenvalue weighted by Crippen LogP contribution is 2.46. The second-order valence-corrected chi connectivity index (χ2v) is 4.72. The molecule has 2 rings (SSSR count). The van der Waals surface area contributed by atoms with Gasteiger partial charge in [0.25, 0.3) is 0 Å². The molecule has 2 N–H and O–H groups in total. The van der Waals surface area contributed by atoms with Crippen molar-refractivity contribution in [1.29, 1.82) is 0 Å². The summed E-state index contributed by atoms with van der Waals surface area (Å²) in [4.78, 5) is 11.1. The molecular formula is C12H14ClNO. The van der Waals surface area contributed by atoms with Crippen LogP contribution in [0.5, 0.6) is 0 Å². The van der Waals surface area contributed by atoms with Crippen LogP contribution in [0.4, 0.5) is 0 Å². The zero-order valence-corrected chi connectivity index (χ0v) is 9.26. The number of rotatable bonds is 3. The second-order valence-electron chi connectivity index (χ2n) is 4.29. The molecule has 1 aliphatic carbocycles. The molecule has 0 aromatic heterocycles. The van der Waals surface area contributed by atoms with Crippen LogP contribution in [0, 0.1) is 0 Å². The van der Waals surface area contributed by atoms with Crippen LogP contribution >= 0.6 is 11.6 Å². The Morgan fingerprint density at radius 2 is 2.20 bits per heavy atom. The molecule has 0 radical (unpaired) electrons. The number of benzene rings is 1. The van der Waals surface area contributed by atoms with Gasteiger partial charge in [-0.25, -0.2) is 0 Å². The molecule has 2 nitrogen and oxygen atoms in total. The number of carbonyl (C=O) groups is 1. The maximum atomic E-state index is 11.1. The van der Waals surface area contributed by atoms with Crippen molar-refractivity contribution in [2.45, 2.75) is 31.1 Å². The highest BCUT2D eigenvalue weighted by Gasteiger charge is 2.39. The number of halogens is 1. The lowest BCUT2D eigenvalue weighted by Crippen LogP contribution is -2.38. The Labute approximate surface area is 94.4 Å². The first-order valence-electron chi connectivity index (χ1n) is 5.17. The van der Waals surface area contributed by atoms with Crippen LogP contribution in [-0.2, 0) is 10.2 Å². The Balaban J connectivity index is 2.29. The molecule has 0 saturated heterocycles. The molecule has 3 heteroatoms. The van der Waals surface area contributed by atoms with E-state index in [9.17, 15) is 4.79 Å². The molecule has 1 aliphatic rings. The molecule has 0 bridgehead atoms. The largest absolute Gasteiger partial charge is 0.370 e. The summed E-state index contributed by atoms with van der Waals surface area (Å²) < 4.78 is 0. The summed E-state index contributed by atoms with van der Waals surface area (Å²) in [6.07, 6.45) is 3.68. The molecule has 0 heterocycles. The van der Waals surface area contributed by atoms with Crippen molar-refractivity contribution in [3.05, 3.63) is 34.9 Å². The van der Waals surface area contributed by atoms with E-state index in [1.165, 1.54) is 6.42 Å². The first kappa shape index (κ1) is 10.5. The van der Waals surface area contributed by atoms with Crippen molar-refractivity contribution in [3.8, 4) is 0 Å². The number of nitrogens with two attached hydrogens (primary N) is 1. The van der Waals surface area contributed by atoms with Crippen LogP contribution in [0.15, 0.2) is 24.3 Å². The fraction of sp³-hybridized carbons (Fsp3) is 0.417. The van der Waals surface area contributed by atoms with Gasteiger partial charge >= 0.3 is 0 Å². The minimum atomic E-state index is -0.227. The second kappa shape index (κ2) is 3.86. The molecule has 15 heavy (non-hydrogen) atoms. The van der Waals surface area contributed by atoms with Gasteiger partial charge in [-0.05, 0) is 30.5 Å². The predicted molar refractivity (Wildman–Crippen MR) is 60.8 cm³/mol. The monoisotopic (exact) mass is 223 g/mol. The minimum absolute atomic E-state index is 0.0310. The third kappa shape index (κ3) is 2.00. The summed E-state index contributed by atoms with van der Waals surface area (Å²) in [6.45, 7) is 0. The summed E-state index contributed by atoms with van der Waals surface area (Å²) in [5.74, 6) is -0.227. The Morgan fingerprint density at radius 1 is 1.47 bits per heavy atom. The van der Waals surface area contributed by atoms with E-state index < -0.39 is 0 Å². The average molecular weight is 224 g/mol. The summed E-state index contributed by atoms with van der Waals surface area (Å²) in [6, 6.07) is 7.76. The van der Waals surface area contributed by atoms with Crippen molar-refractivity contribution < 1.29 is 4.79 Å². The molecule has 1 aromatic rings. The van der Waals surface area contributed by atoms with Gasteiger partial charge in [0.2, 0.25) is 5.91 Å². The lowest BCUT2D eigenvalue weighted by Gasteiger charge is -2.41. The van der Waals surface area contributed by atoms with Crippen molar-refractivity contribution in [2.24, 2.45) is 5.73 Å². The normalized spacial score (nSPS) is 18.2. The predicted octanol–water partition coefficient (Wildman–Crippen LogP) is 2.64. The van der Waals surface area contributed by atoms with Crippen molar-refractivity contribution in [2.75, 3.05) is 0 Å². The molecule has 1 fully saturated rings. The lowest BCUT2D eigenvalue weighted by molar-refractivity contribution is -0.120. The fourth-order valence-electron chi connectivity index (χ4n) is 2.32. The van der Waals surface area contributed by atoms with Crippen LogP contribution < -0.4 is 5.73 Å². The van der Waals surface area contributed by atoms with Gasteiger partial charge in [-0.15, -0.1) is 0 Å². The van der Waals surface area contributed by atoms with Crippen LogP contribution in [0.2, 0.25) is 5.02 Å². The Bertz CT molecular complexity index is 385. The van der Waals surface area contributed by atoms with Crippen LogP contribution in [0.3, 0.4) is 0 Å². The third-order valence-corrected chi connectivity index (χ3v) is 3.50. The van der Waals surface area contributed by atoms with E-state index >= 15 is 0 Å². The van der Waals surface area contributed by atoms with Crippen LogP contribution in [0.1, 0.15) is 31.2 Å². The average Bonchev–Trinajstić information content (AvgIpc) is 2.11. The van der Waals surface area contributed by atoms with Gasteiger partial charge in [-0.2, -0.15) is 0 Å². The van der Waals surface area contributed by atoms with Gasteiger partial charge in [0.1, 0.15) is 0 Å². The quantitative estimate of drug-likeness (QED) is 0.841. The van der Waals surface area contributed by atoms with E-state index in [2.05, 4.69) is 0 Å². The van der Waals surface area contributed by atoms with Crippen LogP contribution in [-0.4, -0.2) is 5.91 Å². The number of primary amides is 1. The van der Waals surface area contributed by atoms with Crippen molar-refractivity contribution in [3.63, 3.8) is 0 Å². The first-order valence-corrected chi connectivity index (χ1v) is 5.55. The number of hydrogen-bond donors (Lipinski definition) is 1. The number of amides is 1. The molecule has 1 saturated carbocycles. The van der Waals surface area contributed by atoms with Gasteiger partial charge in [0.05, 0.1) is 0 Å². The highest BCUT2D eigenvalue weighted by molar-refractivity contribution is 6.30. The molecule has 0 unspecified atom stereocenters. The van der Waals surface area contributed by atoms with Crippen molar-refractivity contribution >= 4 is 17.5 Å². The Hall–Kier alpha value is -1.02. The van der Waals surface area contributed by atoms with E-state index in [0.29, 0.717) is 6.42 Å². The molecule has 0 atom stereocenters. The molecule has 1 amide bonds. The van der Waals surface area contributed by atoms with Gasteiger partial charge in [-0.1, -0.05) is 30.2 Å². The molecule has 80 valence electrons. The zero-order chi connectivity index (χ0) is 10.9. The van der Waals surface area contributed by atoms with Gasteiger partial charge in [-0.3, -0.25) is 4.79 Å². The molecule has 1 aromatic carbocycles. The summed E-state index contributed by atoms with van der Waals surface area (Å²) >= 11 is 5.95.